The zero-order valence-electron chi connectivity index (χ0n) is 15.6. The lowest BCUT2D eigenvalue weighted by Crippen LogP contribution is -2.40. The fourth-order valence-corrected chi connectivity index (χ4v) is 2.66. The molecule has 2 N–H and O–H groups in total. The van der Waals surface area contributed by atoms with Crippen LogP contribution < -0.4 is 5.32 Å². The van der Waals surface area contributed by atoms with Crippen LogP contribution in [0, 0.1) is 10.1 Å². The number of aryl methyl sites for hydroxylation is 1. The molecular formula is C19H16F3N3O4S. The molecule has 0 heterocycles. The molecule has 0 bridgehead atoms. The number of carbonyl (C=O) groups excluding carboxylic acids is 1. The lowest BCUT2D eigenvalue weighted by Gasteiger charge is -2.22. The van der Waals surface area contributed by atoms with Crippen LogP contribution in [0.1, 0.15) is 24.5 Å². The summed E-state index contributed by atoms with van der Waals surface area (Å²) in [6.07, 6.45) is -4.70. The van der Waals surface area contributed by atoms with Crippen molar-refractivity contribution >= 4 is 40.3 Å². The van der Waals surface area contributed by atoms with E-state index in [0.29, 0.717) is 24.2 Å². The Balaban J connectivity index is 2.11. The van der Waals surface area contributed by atoms with Crippen molar-refractivity contribution in [1.29, 1.82) is 0 Å². The number of thiocarbonyl (C=S) groups is 1. The first-order chi connectivity index (χ1) is 13.9. The molecule has 1 amide bonds. The maximum Gasteiger partial charge on any atom is 0.423 e. The molecule has 11 heteroatoms. The van der Waals surface area contributed by atoms with Gasteiger partial charge in [0, 0.05) is 11.8 Å². The topological polar surface area (TPSA) is 105 Å². The molecule has 0 radical (unpaired) electrons. The number of nitrogens with zero attached hydrogens (tertiary/aromatic N) is 2. The third kappa shape index (κ3) is 5.93. The summed E-state index contributed by atoms with van der Waals surface area (Å²) in [4.78, 5) is 25.8. The molecular weight excluding hydrogens is 423 g/mol. The molecule has 1 unspecified atom stereocenters. The molecule has 1 atom stereocenters. The fourth-order valence-electron chi connectivity index (χ4n) is 2.56. The highest BCUT2D eigenvalue weighted by Crippen LogP contribution is 2.37. The number of aliphatic imine (C=N–C) groups is 1. The van der Waals surface area contributed by atoms with E-state index in [4.69, 9.17) is 0 Å². The molecule has 0 fully saturated rings. The molecule has 2 aromatic carbocycles. The van der Waals surface area contributed by atoms with Crippen molar-refractivity contribution in [2.24, 2.45) is 4.99 Å². The molecule has 0 aliphatic carbocycles. The summed E-state index contributed by atoms with van der Waals surface area (Å²) in [7, 11) is 0. The number of isothiocyanates is 1. The third-order valence-electron chi connectivity index (χ3n) is 4.26. The predicted octanol–water partition coefficient (Wildman–Crippen LogP) is 4.67. The van der Waals surface area contributed by atoms with Gasteiger partial charge in [-0.3, -0.25) is 14.9 Å². The van der Waals surface area contributed by atoms with Crippen molar-refractivity contribution in [1.82, 2.24) is 0 Å². The quantitative estimate of drug-likeness (QED) is 0.282. The van der Waals surface area contributed by atoms with Crippen LogP contribution in [0.3, 0.4) is 0 Å². The van der Waals surface area contributed by atoms with Gasteiger partial charge in [0.25, 0.3) is 11.6 Å². The van der Waals surface area contributed by atoms with Gasteiger partial charge in [-0.05, 0) is 61.8 Å². The zero-order chi connectivity index (χ0) is 22.5. The lowest BCUT2D eigenvalue weighted by atomic mass is 9.95. The smallest absolute Gasteiger partial charge is 0.380 e. The number of rotatable bonds is 7. The molecule has 0 spiro atoms. The van der Waals surface area contributed by atoms with Gasteiger partial charge in [-0.15, -0.1) is 0 Å². The number of carbonyl (C=O) groups is 1. The number of aliphatic hydroxyl groups is 1. The van der Waals surface area contributed by atoms with Crippen LogP contribution >= 0.6 is 12.2 Å². The van der Waals surface area contributed by atoms with Crippen LogP contribution in [-0.2, 0) is 17.4 Å². The maximum atomic E-state index is 13.1. The number of hydrogen-bond donors (Lipinski definition) is 2. The van der Waals surface area contributed by atoms with E-state index in [1.807, 2.05) is 0 Å². The van der Waals surface area contributed by atoms with Gasteiger partial charge in [0.15, 0.2) is 0 Å². The molecule has 0 saturated carbocycles. The van der Waals surface area contributed by atoms with Crippen LogP contribution in [0.5, 0.6) is 0 Å². The van der Waals surface area contributed by atoms with Crippen LogP contribution in [0.15, 0.2) is 47.5 Å². The average Bonchev–Trinajstić information content (AvgIpc) is 2.67. The number of hydrogen-bond acceptors (Lipinski definition) is 6. The van der Waals surface area contributed by atoms with Crippen molar-refractivity contribution in [3.63, 3.8) is 0 Å². The van der Waals surface area contributed by atoms with Crippen molar-refractivity contribution in [3.8, 4) is 0 Å². The molecule has 7 nitrogen and oxygen atoms in total. The van der Waals surface area contributed by atoms with Crippen LogP contribution in [0.4, 0.5) is 30.2 Å². The van der Waals surface area contributed by atoms with Gasteiger partial charge in [0.1, 0.15) is 11.2 Å². The Morgan fingerprint density at radius 2 is 1.90 bits per heavy atom. The third-order valence-corrected chi connectivity index (χ3v) is 4.35. The maximum absolute atomic E-state index is 13.1. The van der Waals surface area contributed by atoms with E-state index in [0.717, 1.165) is 11.6 Å². The van der Waals surface area contributed by atoms with Gasteiger partial charge in [-0.25, -0.2) is 0 Å². The molecule has 2 rings (SSSR count). The summed E-state index contributed by atoms with van der Waals surface area (Å²) in [5.74, 6) is -0.939. The van der Waals surface area contributed by atoms with Gasteiger partial charge < -0.3 is 10.4 Å². The number of amides is 1. The minimum absolute atomic E-state index is 0.0201. The largest absolute Gasteiger partial charge is 0.423 e. The second-order valence-electron chi connectivity index (χ2n) is 6.58. The van der Waals surface area contributed by atoms with Gasteiger partial charge in [0.05, 0.1) is 15.8 Å². The summed E-state index contributed by atoms with van der Waals surface area (Å²) in [5, 5.41) is 25.6. The number of anilines is 1. The summed E-state index contributed by atoms with van der Waals surface area (Å²) in [6, 6.07) is 8.89. The molecule has 0 saturated heterocycles. The van der Waals surface area contributed by atoms with Gasteiger partial charge >= 0.3 is 6.18 Å². The minimum atomic E-state index is -4.98. The van der Waals surface area contributed by atoms with E-state index < -0.39 is 33.9 Å². The molecule has 0 aromatic heterocycles. The average molecular weight is 439 g/mol. The number of halogens is 3. The summed E-state index contributed by atoms with van der Waals surface area (Å²) in [5.41, 5.74) is -3.46. The Hall–Kier alpha value is -3.14. The van der Waals surface area contributed by atoms with E-state index in [2.05, 4.69) is 27.7 Å². The van der Waals surface area contributed by atoms with E-state index in [1.165, 1.54) is 6.92 Å². The highest BCUT2D eigenvalue weighted by atomic mass is 32.1. The standard InChI is InChI=1S/C19H16F3N3O4S/c1-18(27,9-8-12-2-4-13(5-3-12)23-11-30)17(26)24-14-6-7-16(25(28)29)15(10-14)19(20,21)22/h2-7,10,27H,8-9H2,1H3,(H,24,26). The normalized spacial score (nSPS) is 13.1. The van der Waals surface area contributed by atoms with Crippen molar-refractivity contribution in [2.45, 2.75) is 31.5 Å². The van der Waals surface area contributed by atoms with Crippen molar-refractivity contribution in [2.75, 3.05) is 5.32 Å². The Kier molecular flexibility index (Phi) is 7.04. The first-order valence-corrected chi connectivity index (χ1v) is 8.91. The first kappa shape index (κ1) is 23.1. The van der Waals surface area contributed by atoms with Gasteiger partial charge in [0.2, 0.25) is 0 Å². The zero-order valence-corrected chi connectivity index (χ0v) is 16.4. The van der Waals surface area contributed by atoms with E-state index >= 15 is 0 Å². The van der Waals surface area contributed by atoms with E-state index in [-0.39, 0.29) is 12.1 Å². The second kappa shape index (κ2) is 9.12. The van der Waals surface area contributed by atoms with Crippen molar-refractivity contribution < 1.29 is 28.0 Å². The molecule has 2 aromatic rings. The number of nitrogens with one attached hydrogen (secondary N) is 1. The van der Waals surface area contributed by atoms with Gasteiger partial charge in [-0.1, -0.05) is 12.1 Å². The monoisotopic (exact) mass is 439 g/mol. The Morgan fingerprint density at radius 1 is 1.27 bits per heavy atom. The molecule has 158 valence electrons. The minimum Gasteiger partial charge on any atom is -0.380 e. The van der Waals surface area contributed by atoms with Crippen molar-refractivity contribution in [3.05, 3.63) is 63.7 Å². The van der Waals surface area contributed by atoms with Crippen LogP contribution in [0.2, 0.25) is 0 Å². The van der Waals surface area contributed by atoms with Gasteiger partial charge in [-0.2, -0.15) is 18.2 Å². The summed E-state index contributed by atoms with van der Waals surface area (Å²) in [6.45, 7) is 1.23. The van der Waals surface area contributed by atoms with E-state index in [1.54, 1.807) is 24.3 Å². The first-order valence-electron chi connectivity index (χ1n) is 8.50. The number of benzene rings is 2. The Bertz CT molecular complexity index is 1000. The Morgan fingerprint density at radius 3 is 2.43 bits per heavy atom. The highest BCUT2D eigenvalue weighted by molar-refractivity contribution is 7.78. The molecule has 30 heavy (non-hydrogen) atoms. The SMILES string of the molecule is CC(O)(CCc1ccc(N=C=S)cc1)C(=O)Nc1ccc([N+](=O)[O-])c(C(F)(F)F)c1. The predicted molar refractivity (Wildman–Crippen MR) is 107 cm³/mol. The molecule has 0 aliphatic rings. The fraction of sp³-hybridized carbons (Fsp3) is 0.263. The lowest BCUT2D eigenvalue weighted by molar-refractivity contribution is -0.388. The highest BCUT2D eigenvalue weighted by Gasteiger charge is 2.39. The molecule has 0 aliphatic heterocycles. The Labute approximate surface area is 174 Å². The number of nitro benzene ring substituents is 1. The van der Waals surface area contributed by atoms with E-state index in [9.17, 15) is 33.2 Å². The second-order valence-corrected chi connectivity index (χ2v) is 6.77. The summed E-state index contributed by atoms with van der Waals surface area (Å²) < 4.78 is 39.2. The van der Waals surface area contributed by atoms with Crippen LogP contribution in [0.25, 0.3) is 0 Å². The number of nitro groups is 1. The summed E-state index contributed by atoms with van der Waals surface area (Å²) >= 11 is 4.51. The van der Waals surface area contributed by atoms with Crippen LogP contribution in [-0.4, -0.2) is 26.7 Å². The number of alkyl halides is 3.